The Morgan fingerprint density at radius 1 is 1.10 bits per heavy atom. The molecular formula is C17H32N2O. The van der Waals surface area contributed by atoms with E-state index in [2.05, 4.69) is 32.6 Å². The lowest BCUT2D eigenvalue weighted by Gasteiger charge is -2.53. The smallest absolute Gasteiger partial charge is 0.0830 e. The highest BCUT2D eigenvalue weighted by molar-refractivity contribution is 5.15. The molecule has 0 aromatic rings. The van der Waals surface area contributed by atoms with Crippen LogP contribution < -0.4 is 5.73 Å². The molecule has 0 bridgehead atoms. The van der Waals surface area contributed by atoms with Gasteiger partial charge in [-0.2, -0.15) is 0 Å². The molecule has 3 atom stereocenters. The monoisotopic (exact) mass is 280 g/mol. The third-order valence-electron chi connectivity index (χ3n) is 6.25. The van der Waals surface area contributed by atoms with E-state index in [9.17, 15) is 0 Å². The van der Waals surface area contributed by atoms with Crippen molar-refractivity contribution in [3.05, 3.63) is 0 Å². The Labute approximate surface area is 124 Å². The minimum atomic E-state index is -0.157. The lowest BCUT2D eigenvalue weighted by molar-refractivity contribution is -0.119. The van der Waals surface area contributed by atoms with Crippen molar-refractivity contribution in [3.63, 3.8) is 0 Å². The molecule has 3 rings (SSSR count). The van der Waals surface area contributed by atoms with E-state index >= 15 is 0 Å². The highest BCUT2D eigenvalue weighted by Crippen LogP contribution is 2.52. The van der Waals surface area contributed by atoms with Gasteiger partial charge in [-0.3, -0.25) is 4.90 Å². The largest absolute Gasteiger partial charge is 0.368 e. The Bertz CT molecular complexity index is 379. The van der Waals surface area contributed by atoms with Crippen LogP contribution in [0.1, 0.15) is 66.2 Å². The molecule has 0 aromatic heterocycles. The minimum Gasteiger partial charge on any atom is -0.368 e. The van der Waals surface area contributed by atoms with Crippen molar-refractivity contribution < 1.29 is 4.74 Å². The summed E-state index contributed by atoms with van der Waals surface area (Å²) in [5.74, 6) is 0.909. The van der Waals surface area contributed by atoms with Crippen molar-refractivity contribution >= 4 is 0 Å². The van der Waals surface area contributed by atoms with Crippen LogP contribution >= 0.6 is 0 Å². The summed E-state index contributed by atoms with van der Waals surface area (Å²) in [5, 5.41) is 0. The number of piperidine rings is 1. The van der Waals surface area contributed by atoms with E-state index in [1.54, 1.807) is 0 Å². The summed E-state index contributed by atoms with van der Waals surface area (Å²) in [6, 6.07) is 0.754. The molecule has 3 nitrogen and oxygen atoms in total. The number of nitrogens with two attached hydrogens (primary N) is 1. The molecule has 116 valence electrons. The molecule has 20 heavy (non-hydrogen) atoms. The van der Waals surface area contributed by atoms with Crippen LogP contribution in [0, 0.1) is 5.92 Å². The third kappa shape index (κ3) is 2.05. The van der Waals surface area contributed by atoms with E-state index in [1.807, 2.05) is 0 Å². The van der Waals surface area contributed by atoms with Gasteiger partial charge in [0, 0.05) is 12.6 Å². The van der Waals surface area contributed by atoms with Gasteiger partial charge in [-0.15, -0.1) is 0 Å². The number of nitrogens with zero attached hydrogens (tertiary/aromatic N) is 1. The van der Waals surface area contributed by atoms with Crippen LogP contribution in [0.5, 0.6) is 0 Å². The van der Waals surface area contributed by atoms with Crippen molar-refractivity contribution in [2.45, 2.75) is 89.0 Å². The maximum Gasteiger partial charge on any atom is 0.0830 e. The van der Waals surface area contributed by atoms with Crippen molar-refractivity contribution in [1.29, 1.82) is 0 Å². The Hall–Kier alpha value is -0.120. The molecule has 3 fully saturated rings. The highest BCUT2D eigenvalue weighted by atomic mass is 16.5. The summed E-state index contributed by atoms with van der Waals surface area (Å²) in [7, 11) is 0. The van der Waals surface area contributed by atoms with Crippen LogP contribution in [0.3, 0.4) is 0 Å². The topological polar surface area (TPSA) is 38.5 Å². The average molecular weight is 280 g/mol. The first-order valence-electron chi connectivity index (χ1n) is 8.48. The fourth-order valence-electron chi connectivity index (χ4n) is 5.61. The zero-order valence-corrected chi connectivity index (χ0v) is 13.7. The number of likely N-dealkylation sites (tertiary alicyclic amines) is 1. The van der Waals surface area contributed by atoms with Crippen LogP contribution in [0.25, 0.3) is 0 Å². The van der Waals surface area contributed by atoms with Gasteiger partial charge in [0.05, 0.1) is 16.7 Å². The maximum atomic E-state index is 6.42. The molecule has 0 radical (unpaired) electrons. The fraction of sp³-hybridized carbons (Fsp3) is 1.00. The Kier molecular flexibility index (Phi) is 3.47. The summed E-state index contributed by atoms with van der Waals surface area (Å²) in [6.07, 6.45) is 8.01. The molecule has 2 N–H and O–H groups in total. The SMILES string of the molecule is CC1(C)CC(CN)(N2CCCC3CCCC32)C(C)(C)O1. The first-order chi connectivity index (χ1) is 9.31. The minimum absolute atomic E-state index is 0.0180. The second-order valence-corrected chi connectivity index (χ2v) is 8.38. The zero-order chi connectivity index (χ0) is 14.6. The van der Waals surface area contributed by atoms with Crippen molar-refractivity contribution in [2.75, 3.05) is 13.1 Å². The molecule has 0 spiro atoms. The molecule has 3 unspecified atom stereocenters. The summed E-state index contributed by atoms with van der Waals surface area (Å²) in [6.45, 7) is 10.9. The fourth-order valence-corrected chi connectivity index (χ4v) is 5.61. The maximum absolute atomic E-state index is 6.42. The molecule has 2 aliphatic heterocycles. The summed E-state index contributed by atoms with van der Waals surface area (Å²) < 4.78 is 6.42. The molecule has 1 aliphatic carbocycles. The zero-order valence-electron chi connectivity index (χ0n) is 13.7. The van der Waals surface area contributed by atoms with E-state index in [-0.39, 0.29) is 16.7 Å². The quantitative estimate of drug-likeness (QED) is 0.845. The first-order valence-corrected chi connectivity index (χ1v) is 8.48. The van der Waals surface area contributed by atoms with Gasteiger partial charge in [0.25, 0.3) is 0 Å². The summed E-state index contributed by atoms with van der Waals surface area (Å²) >= 11 is 0. The molecular weight excluding hydrogens is 248 g/mol. The number of hydrogen-bond donors (Lipinski definition) is 1. The van der Waals surface area contributed by atoms with Crippen LogP contribution in [0.2, 0.25) is 0 Å². The normalized spacial score (nSPS) is 43.6. The van der Waals surface area contributed by atoms with Gasteiger partial charge in [0.1, 0.15) is 0 Å². The Morgan fingerprint density at radius 2 is 1.80 bits per heavy atom. The van der Waals surface area contributed by atoms with Gasteiger partial charge in [0.2, 0.25) is 0 Å². The van der Waals surface area contributed by atoms with Gasteiger partial charge in [-0.25, -0.2) is 0 Å². The van der Waals surface area contributed by atoms with Crippen molar-refractivity contribution in [1.82, 2.24) is 4.90 Å². The summed E-state index contributed by atoms with van der Waals surface area (Å²) in [4.78, 5) is 2.78. The molecule has 2 heterocycles. The Balaban J connectivity index is 1.96. The molecule has 1 saturated carbocycles. The van der Waals surface area contributed by atoms with Crippen LogP contribution in [0.15, 0.2) is 0 Å². The van der Waals surface area contributed by atoms with Crippen molar-refractivity contribution in [3.8, 4) is 0 Å². The number of hydrogen-bond acceptors (Lipinski definition) is 3. The lowest BCUT2D eigenvalue weighted by atomic mass is 9.74. The van der Waals surface area contributed by atoms with E-state index in [0.717, 1.165) is 18.4 Å². The second kappa shape index (κ2) is 4.69. The molecule has 0 aromatic carbocycles. The number of ether oxygens (including phenoxy) is 1. The predicted molar refractivity (Wildman–Crippen MR) is 82.7 cm³/mol. The Morgan fingerprint density at radius 3 is 2.40 bits per heavy atom. The van der Waals surface area contributed by atoms with E-state index < -0.39 is 0 Å². The van der Waals surface area contributed by atoms with Gasteiger partial charge in [-0.05, 0) is 72.3 Å². The van der Waals surface area contributed by atoms with Crippen LogP contribution in [0.4, 0.5) is 0 Å². The lowest BCUT2D eigenvalue weighted by Crippen LogP contribution is -2.67. The van der Waals surface area contributed by atoms with E-state index in [0.29, 0.717) is 6.54 Å². The van der Waals surface area contributed by atoms with E-state index in [4.69, 9.17) is 10.5 Å². The third-order valence-corrected chi connectivity index (χ3v) is 6.25. The van der Waals surface area contributed by atoms with Crippen LogP contribution in [-0.2, 0) is 4.74 Å². The highest BCUT2D eigenvalue weighted by Gasteiger charge is 2.61. The van der Waals surface area contributed by atoms with Gasteiger partial charge >= 0.3 is 0 Å². The van der Waals surface area contributed by atoms with Gasteiger partial charge in [-0.1, -0.05) is 6.42 Å². The second-order valence-electron chi connectivity index (χ2n) is 8.38. The van der Waals surface area contributed by atoms with Crippen LogP contribution in [-0.4, -0.2) is 40.8 Å². The summed E-state index contributed by atoms with van der Waals surface area (Å²) in [5.41, 5.74) is 6.16. The number of fused-ring (bicyclic) bond motifs is 1. The van der Waals surface area contributed by atoms with Gasteiger partial charge in [0.15, 0.2) is 0 Å². The molecule has 2 saturated heterocycles. The molecule has 0 amide bonds. The first kappa shape index (κ1) is 14.8. The number of rotatable bonds is 2. The van der Waals surface area contributed by atoms with E-state index in [1.165, 1.54) is 38.6 Å². The average Bonchev–Trinajstić information content (AvgIpc) is 2.88. The standard InChI is InChI=1S/C17H32N2O/c1-15(2)11-17(12-18,16(3,4)20-15)19-10-6-8-13-7-5-9-14(13)19/h13-14H,5-12,18H2,1-4H3. The van der Waals surface area contributed by atoms with Crippen molar-refractivity contribution in [2.24, 2.45) is 11.7 Å². The van der Waals surface area contributed by atoms with Gasteiger partial charge < -0.3 is 10.5 Å². The molecule has 3 heteroatoms. The molecule has 3 aliphatic rings. The predicted octanol–water partition coefficient (Wildman–Crippen LogP) is 2.93.